The number of fused-ring (bicyclic) bond motifs is 2. The van der Waals surface area contributed by atoms with Gasteiger partial charge in [-0.05, 0) is 26.7 Å². The Morgan fingerprint density at radius 1 is 1.19 bits per heavy atom. The van der Waals surface area contributed by atoms with E-state index < -0.39 is 10.0 Å². The Kier molecular flexibility index (Phi) is 4.44. The number of H-pyrrole nitrogens is 1. The average Bonchev–Trinajstić information content (AvgIpc) is 2.94. The largest absolute Gasteiger partial charge is 0.473 e. The van der Waals surface area contributed by atoms with Crippen LogP contribution < -0.4 is 4.74 Å². The van der Waals surface area contributed by atoms with Crippen molar-refractivity contribution in [3.8, 4) is 5.88 Å². The molecule has 0 aliphatic carbocycles. The number of hydrogen-bond acceptors (Lipinski definition) is 6. The van der Waals surface area contributed by atoms with Crippen molar-refractivity contribution >= 4 is 10.0 Å². The Bertz CT molecular complexity index is 850. The van der Waals surface area contributed by atoms with Gasteiger partial charge in [-0.3, -0.25) is 10.1 Å². The summed E-state index contributed by atoms with van der Waals surface area (Å²) in [5.74, 6) is 0.494. The van der Waals surface area contributed by atoms with Crippen LogP contribution in [0.25, 0.3) is 0 Å². The Morgan fingerprint density at radius 3 is 2.50 bits per heavy atom. The van der Waals surface area contributed by atoms with E-state index in [2.05, 4.69) is 20.2 Å². The first kappa shape index (κ1) is 17.4. The first-order valence-electron chi connectivity index (χ1n) is 8.94. The van der Waals surface area contributed by atoms with E-state index in [1.807, 2.05) is 0 Å². The van der Waals surface area contributed by atoms with Crippen LogP contribution in [0.2, 0.25) is 0 Å². The lowest BCUT2D eigenvalue weighted by Gasteiger charge is -2.47. The van der Waals surface area contributed by atoms with Gasteiger partial charge in [0.05, 0.1) is 17.6 Å². The molecule has 3 atom stereocenters. The van der Waals surface area contributed by atoms with Gasteiger partial charge in [0.2, 0.25) is 15.9 Å². The molecule has 4 heterocycles. The van der Waals surface area contributed by atoms with Gasteiger partial charge in [-0.25, -0.2) is 13.4 Å². The molecule has 4 rings (SSSR count). The van der Waals surface area contributed by atoms with Crippen LogP contribution in [0.4, 0.5) is 0 Å². The lowest BCUT2D eigenvalue weighted by Crippen LogP contribution is -2.56. The molecular formula is C17H23N5O3S. The molecule has 2 fully saturated rings. The highest BCUT2D eigenvalue weighted by Crippen LogP contribution is 2.40. The molecule has 2 aliphatic rings. The Balaban J connectivity index is 1.60. The quantitative estimate of drug-likeness (QED) is 0.874. The van der Waals surface area contributed by atoms with Gasteiger partial charge in [0, 0.05) is 37.3 Å². The van der Waals surface area contributed by atoms with Crippen molar-refractivity contribution < 1.29 is 13.2 Å². The van der Waals surface area contributed by atoms with Gasteiger partial charge >= 0.3 is 0 Å². The van der Waals surface area contributed by atoms with Gasteiger partial charge in [0.1, 0.15) is 11.0 Å². The van der Waals surface area contributed by atoms with Crippen LogP contribution in [-0.2, 0) is 10.0 Å². The number of aromatic nitrogens is 4. The predicted octanol–water partition coefficient (Wildman–Crippen LogP) is 1.97. The lowest BCUT2D eigenvalue weighted by molar-refractivity contribution is 0.0329. The number of aromatic amines is 1. The van der Waals surface area contributed by atoms with Gasteiger partial charge in [-0.2, -0.15) is 9.40 Å². The predicted molar refractivity (Wildman–Crippen MR) is 94.2 cm³/mol. The number of ether oxygens (including phenoxy) is 1. The van der Waals surface area contributed by atoms with Gasteiger partial charge in [0.15, 0.2) is 0 Å². The minimum absolute atomic E-state index is 0.0417. The van der Waals surface area contributed by atoms with Crippen LogP contribution in [0, 0.1) is 13.8 Å². The zero-order chi connectivity index (χ0) is 18.3. The molecular weight excluding hydrogens is 354 g/mol. The lowest BCUT2D eigenvalue weighted by atomic mass is 9.85. The van der Waals surface area contributed by atoms with Crippen molar-refractivity contribution in [1.29, 1.82) is 0 Å². The fourth-order valence-corrected chi connectivity index (χ4v) is 6.55. The van der Waals surface area contributed by atoms with Gasteiger partial charge in [0.25, 0.3) is 0 Å². The normalized spacial score (nSPS) is 26.6. The summed E-state index contributed by atoms with van der Waals surface area (Å²) in [6.45, 7) is 3.49. The van der Waals surface area contributed by atoms with E-state index in [0.29, 0.717) is 35.0 Å². The van der Waals surface area contributed by atoms with E-state index in [0.717, 1.165) is 19.3 Å². The van der Waals surface area contributed by atoms with Crippen molar-refractivity contribution in [2.75, 3.05) is 0 Å². The summed E-state index contributed by atoms with van der Waals surface area (Å²) in [5.41, 5.74) is 1.12. The summed E-state index contributed by atoms with van der Waals surface area (Å²) >= 11 is 0. The van der Waals surface area contributed by atoms with Crippen molar-refractivity contribution in [2.45, 2.75) is 69.0 Å². The molecule has 9 heteroatoms. The average molecular weight is 377 g/mol. The smallest absolute Gasteiger partial charge is 0.247 e. The first-order valence-corrected chi connectivity index (χ1v) is 10.4. The number of nitrogens with zero attached hydrogens (tertiary/aromatic N) is 4. The van der Waals surface area contributed by atoms with Gasteiger partial charge in [-0.1, -0.05) is 6.42 Å². The molecule has 0 saturated carbocycles. The van der Waals surface area contributed by atoms with Crippen LogP contribution in [-0.4, -0.2) is 51.1 Å². The highest BCUT2D eigenvalue weighted by Gasteiger charge is 2.46. The summed E-state index contributed by atoms with van der Waals surface area (Å²) in [6.07, 6.45) is 8.84. The second-order valence-electron chi connectivity index (χ2n) is 7.09. The van der Waals surface area contributed by atoms with Crippen molar-refractivity contribution in [2.24, 2.45) is 0 Å². The number of aryl methyl sites for hydroxylation is 2. The standard InChI is InChI=1S/C17H23N5O3S/c1-11-17(12(2)21-20-11)26(23,24)22-13-4-3-5-14(22)9-15(8-13)25-16-10-18-6-7-19-16/h6-7,10,13-15H,3-5,8-9H2,1-2H3,(H,20,21)/t13-,14+,15?. The molecule has 0 spiro atoms. The highest BCUT2D eigenvalue weighted by molar-refractivity contribution is 7.89. The van der Waals surface area contributed by atoms with Crippen LogP contribution >= 0.6 is 0 Å². The van der Waals surface area contributed by atoms with Crippen LogP contribution in [0.15, 0.2) is 23.5 Å². The van der Waals surface area contributed by atoms with Crippen molar-refractivity contribution in [1.82, 2.24) is 24.5 Å². The molecule has 0 radical (unpaired) electrons. The zero-order valence-electron chi connectivity index (χ0n) is 14.9. The molecule has 1 N–H and O–H groups in total. The second-order valence-corrected chi connectivity index (χ2v) is 8.87. The Morgan fingerprint density at radius 2 is 1.92 bits per heavy atom. The maximum atomic E-state index is 13.4. The summed E-state index contributed by atoms with van der Waals surface area (Å²) in [6, 6.07) is -0.106. The second kappa shape index (κ2) is 6.62. The molecule has 0 aromatic carbocycles. The van der Waals surface area contributed by atoms with Crippen LogP contribution in [0.3, 0.4) is 0 Å². The molecule has 8 nitrogen and oxygen atoms in total. The van der Waals surface area contributed by atoms with E-state index in [1.54, 1.807) is 36.7 Å². The van der Waals surface area contributed by atoms with E-state index in [1.165, 1.54) is 0 Å². The third kappa shape index (κ3) is 2.99. The molecule has 26 heavy (non-hydrogen) atoms. The molecule has 0 amide bonds. The van der Waals surface area contributed by atoms with E-state index >= 15 is 0 Å². The first-order chi connectivity index (χ1) is 12.5. The van der Waals surface area contributed by atoms with Crippen LogP contribution in [0.5, 0.6) is 5.88 Å². The number of hydrogen-bond donors (Lipinski definition) is 1. The van der Waals surface area contributed by atoms with Crippen LogP contribution in [0.1, 0.15) is 43.5 Å². The summed E-state index contributed by atoms with van der Waals surface area (Å²) < 4.78 is 34.4. The third-order valence-electron chi connectivity index (χ3n) is 5.29. The topological polar surface area (TPSA) is 101 Å². The maximum Gasteiger partial charge on any atom is 0.247 e. The number of sulfonamides is 1. The fourth-order valence-electron chi connectivity index (χ4n) is 4.32. The SMILES string of the molecule is Cc1n[nH]c(C)c1S(=O)(=O)N1[C@@H]2CCC[C@H]1CC(Oc1cnccn1)C2. The molecule has 2 bridgehead atoms. The molecule has 2 aliphatic heterocycles. The third-order valence-corrected chi connectivity index (χ3v) is 7.56. The minimum atomic E-state index is -3.58. The minimum Gasteiger partial charge on any atom is -0.473 e. The highest BCUT2D eigenvalue weighted by atomic mass is 32.2. The van der Waals surface area contributed by atoms with E-state index in [9.17, 15) is 8.42 Å². The van der Waals surface area contributed by atoms with Gasteiger partial charge < -0.3 is 4.74 Å². The Labute approximate surface area is 153 Å². The number of nitrogens with one attached hydrogen (secondary N) is 1. The number of piperidine rings is 2. The summed E-state index contributed by atoms with van der Waals surface area (Å²) in [4.78, 5) is 8.52. The van der Waals surface area contributed by atoms with E-state index in [-0.39, 0.29) is 18.2 Å². The molecule has 2 aromatic rings. The van der Waals surface area contributed by atoms with Crippen molar-refractivity contribution in [3.63, 3.8) is 0 Å². The molecule has 1 unspecified atom stereocenters. The van der Waals surface area contributed by atoms with Gasteiger partial charge in [-0.15, -0.1) is 0 Å². The monoisotopic (exact) mass is 377 g/mol. The molecule has 2 aromatic heterocycles. The zero-order valence-corrected chi connectivity index (χ0v) is 15.7. The van der Waals surface area contributed by atoms with E-state index in [4.69, 9.17) is 4.74 Å². The fraction of sp³-hybridized carbons (Fsp3) is 0.588. The maximum absolute atomic E-state index is 13.4. The summed E-state index contributed by atoms with van der Waals surface area (Å²) in [5, 5.41) is 6.86. The number of rotatable bonds is 4. The molecule has 140 valence electrons. The summed E-state index contributed by atoms with van der Waals surface area (Å²) in [7, 11) is -3.58. The van der Waals surface area contributed by atoms with Crippen molar-refractivity contribution in [3.05, 3.63) is 30.0 Å². The Hall–Kier alpha value is -2.00. The molecule has 2 saturated heterocycles.